The predicted octanol–water partition coefficient (Wildman–Crippen LogP) is 3.61. The van der Waals surface area contributed by atoms with Gasteiger partial charge in [-0.05, 0) is 23.8 Å². The highest BCUT2D eigenvalue weighted by Crippen LogP contribution is 2.33. The van der Waals surface area contributed by atoms with Crippen molar-refractivity contribution in [2.24, 2.45) is 0 Å². The zero-order chi connectivity index (χ0) is 14.0. The molecule has 0 aliphatic carbocycles. The van der Waals surface area contributed by atoms with Crippen molar-refractivity contribution < 1.29 is 14.8 Å². The fourth-order valence-corrected chi connectivity index (χ4v) is 1.92. The monoisotopic (exact) mass is 277 g/mol. The molecule has 0 saturated carbocycles. The van der Waals surface area contributed by atoms with Crippen LogP contribution in [0.3, 0.4) is 0 Å². The molecule has 0 aromatic heterocycles. The zero-order valence-electron chi connectivity index (χ0n) is 9.54. The molecule has 2 aromatic carbocycles. The topological polar surface area (TPSA) is 80.4 Å². The van der Waals surface area contributed by atoms with Crippen molar-refractivity contribution >= 4 is 23.3 Å². The number of nitro groups is 1. The van der Waals surface area contributed by atoms with Crippen LogP contribution >= 0.6 is 11.6 Å². The summed E-state index contributed by atoms with van der Waals surface area (Å²) in [4.78, 5) is 21.6. The molecule has 0 aliphatic rings. The van der Waals surface area contributed by atoms with E-state index < -0.39 is 10.9 Å². The number of benzene rings is 2. The Balaban J connectivity index is 2.74. The van der Waals surface area contributed by atoms with Crippen LogP contribution in [0, 0.1) is 10.1 Å². The first-order chi connectivity index (χ1) is 9.00. The Bertz CT molecular complexity index is 620. The lowest BCUT2D eigenvalue weighted by Gasteiger charge is -2.07. The Morgan fingerprint density at radius 3 is 2.32 bits per heavy atom. The third kappa shape index (κ3) is 2.56. The standard InChI is InChI=1S/C13H8ClNO4/c14-9-6-4-8(5-7-9)12-10(13(16)17)2-1-3-11(12)15(18)19/h1-7H,(H,16,17). The fourth-order valence-electron chi connectivity index (χ4n) is 1.79. The normalized spacial score (nSPS) is 10.2. The van der Waals surface area contributed by atoms with Crippen molar-refractivity contribution in [3.8, 4) is 11.1 Å². The van der Waals surface area contributed by atoms with Crippen LogP contribution in [0.1, 0.15) is 10.4 Å². The van der Waals surface area contributed by atoms with Crippen molar-refractivity contribution in [1.29, 1.82) is 0 Å². The largest absolute Gasteiger partial charge is 0.478 e. The second-order valence-electron chi connectivity index (χ2n) is 3.77. The van der Waals surface area contributed by atoms with E-state index in [1.807, 2.05) is 0 Å². The minimum atomic E-state index is -1.21. The molecule has 96 valence electrons. The van der Waals surface area contributed by atoms with Gasteiger partial charge in [0.1, 0.15) is 0 Å². The average molecular weight is 278 g/mol. The maximum atomic E-state index is 11.2. The molecule has 6 heteroatoms. The molecule has 2 aromatic rings. The second-order valence-corrected chi connectivity index (χ2v) is 4.21. The molecular formula is C13H8ClNO4. The molecule has 0 aliphatic heterocycles. The van der Waals surface area contributed by atoms with Gasteiger partial charge in [-0.15, -0.1) is 0 Å². The number of hydrogen-bond donors (Lipinski definition) is 1. The molecule has 2 rings (SSSR count). The van der Waals surface area contributed by atoms with Gasteiger partial charge < -0.3 is 5.11 Å². The van der Waals surface area contributed by atoms with Crippen LogP contribution in [-0.4, -0.2) is 16.0 Å². The number of halogens is 1. The molecule has 0 unspecified atom stereocenters. The Labute approximate surface area is 113 Å². The lowest BCUT2D eigenvalue weighted by Crippen LogP contribution is -2.02. The number of nitrogens with zero attached hydrogens (tertiary/aromatic N) is 1. The van der Waals surface area contributed by atoms with E-state index in [1.54, 1.807) is 24.3 Å². The van der Waals surface area contributed by atoms with Gasteiger partial charge in [0.25, 0.3) is 5.69 Å². The molecule has 5 nitrogen and oxygen atoms in total. The number of nitro benzene ring substituents is 1. The van der Waals surface area contributed by atoms with E-state index in [2.05, 4.69) is 0 Å². The first-order valence-corrected chi connectivity index (χ1v) is 5.65. The molecule has 0 spiro atoms. The van der Waals surface area contributed by atoms with Crippen LogP contribution in [0.15, 0.2) is 42.5 Å². The van der Waals surface area contributed by atoms with E-state index in [1.165, 1.54) is 18.2 Å². The van der Waals surface area contributed by atoms with Crippen molar-refractivity contribution in [3.63, 3.8) is 0 Å². The first-order valence-electron chi connectivity index (χ1n) is 5.27. The van der Waals surface area contributed by atoms with Crippen molar-refractivity contribution in [1.82, 2.24) is 0 Å². The summed E-state index contributed by atoms with van der Waals surface area (Å²) in [6, 6.07) is 10.2. The summed E-state index contributed by atoms with van der Waals surface area (Å²) in [5.74, 6) is -1.21. The van der Waals surface area contributed by atoms with Gasteiger partial charge in [0, 0.05) is 11.1 Å². The van der Waals surface area contributed by atoms with Crippen LogP contribution in [0.5, 0.6) is 0 Å². The quantitative estimate of drug-likeness (QED) is 0.686. The average Bonchev–Trinajstić information content (AvgIpc) is 2.38. The molecule has 0 radical (unpaired) electrons. The van der Waals surface area contributed by atoms with Gasteiger partial charge in [0.2, 0.25) is 0 Å². The molecule has 0 heterocycles. The second kappa shape index (κ2) is 5.07. The number of carboxylic acids is 1. The molecule has 0 atom stereocenters. The number of carboxylic acid groups (broad SMARTS) is 1. The van der Waals surface area contributed by atoms with Crippen molar-refractivity contribution in [3.05, 3.63) is 63.2 Å². The van der Waals surface area contributed by atoms with Crippen molar-refractivity contribution in [2.75, 3.05) is 0 Å². The highest BCUT2D eigenvalue weighted by atomic mass is 35.5. The Morgan fingerprint density at radius 1 is 1.16 bits per heavy atom. The third-order valence-corrected chi connectivity index (χ3v) is 2.85. The predicted molar refractivity (Wildman–Crippen MR) is 70.5 cm³/mol. The summed E-state index contributed by atoms with van der Waals surface area (Å²) in [5, 5.41) is 20.6. The van der Waals surface area contributed by atoms with Gasteiger partial charge in [-0.1, -0.05) is 29.8 Å². The Morgan fingerprint density at radius 2 is 1.79 bits per heavy atom. The van der Waals surface area contributed by atoms with E-state index in [-0.39, 0.29) is 16.8 Å². The molecule has 19 heavy (non-hydrogen) atoms. The van der Waals surface area contributed by atoms with Crippen molar-refractivity contribution in [2.45, 2.75) is 0 Å². The molecular weight excluding hydrogens is 270 g/mol. The lowest BCUT2D eigenvalue weighted by molar-refractivity contribution is -0.384. The Hall–Kier alpha value is -2.40. The number of hydrogen-bond acceptors (Lipinski definition) is 3. The van der Waals surface area contributed by atoms with Gasteiger partial charge in [-0.3, -0.25) is 10.1 Å². The van der Waals surface area contributed by atoms with Gasteiger partial charge in [-0.25, -0.2) is 4.79 Å². The maximum absolute atomic E-state index is 11.2. The van der Waals surface area contributed by atoms with Crippen LogP contribution in [-0.2, 0) is 0 Å². The molecule has 0 fully saturated rings. The van der Waals surface area contributed by atoms with E-state index in [9.17, 15) is 14.9 Å². The summed E-state index contributed by atoms with van der Waals surface area (Å²) >= 11 is 5.75. The minimum Gasteiger partial charge on any atom is -0.478 e. The van der Waals surface area contributed by atoms with E-state index >= 15 is 0 Å². The smallest absolute Gasteiger partial charge is 0.336 e. The summed E-state index contributed by atoms with van der Waals surface area (Å²) in [7, 11) is 0. The summed E-state index contributed by atoms with van der Waals surface area (Å²) in [6.07, 6.45) is 0. The minimum absolute atomic E-state index is 0.0802. The van der Waals surface area contributed by atoms with E-state index in [4.69, 9.17) is 16.7 Å². The first kappa shape index (κ1) is 13.0. The highest BCUT2D eigenvalue weighted by molar-refractivity contribution is 6.30. The molecule has 0 amide bonds. The summed E-state index contributed by atoms with van der Waals surface area (Å²) in [6.45, 7) is 0. The molecule has 1 N–H and O–H groups in total. The summed E-state index contributed by atoms with van der Waals surface area (Å²) in [5.41, 5.74) is 0.157. The van der Waals surface area contributed by atoms with Crippen LogP contribution in [0.2, 0.25) is 5.02 Å². The highest BCUT2D eigenvalue weighted by Gasteiger charge is 2.22. The molecule has 0 saturated heterocycles. The zero-order valence-corrected chi connectivity index (χ0v) is 10.3. The summed E-state index contributed by atoms with van der Waals surface area (Å²) < 4.78 is 0. The van der Waals surface area contributed by atoms with Gasteiger partial charge in [0.15, 0.2) is 0 Å². The SMILES string of the molecule is O=C(O)c1cccc([N+](=O)[O-])c1-c1ccc(Cl)cc1. The molecule has 0 bridgehead atoms. The van der Waals surface area contributed by atoms with Crippen LogP contribution in [0.25, 0.3) is 11.1 Å². The maximum Gasteiger partial charge on any atom is 0.336 e. The van der Waals surface area contributed by atoms with E-state index in [0.29, 0.717) is 10.6 Å². The number of carbonyl (C=O) groups is 1. The number of rotatable bonds is 3. The van der Waals surface area contributed by atoms with Gasteiger partial charge >= 0.3 is 5.97 Å². The Kier molecular flexibility index (Phi) is 3.48. The van der Waals surface area contributed by atoms with Gasteiger partial charge in [-0.2, -0.15) is 0 Å². The van der Waals surface area contributed by atoms with E-state index in [0.717, 1.165) is 0 Å². The van der Waals surface area contributed by atoms with Crippen LogP contribution in [0.4, 0.5) is 5.69 Å². The number of aromatic carboxylic acids is 1. The van der Waals surface area contributed by atoms with Crippen LogP contribution < -0.4 is 0 Å². The lowest BCUT2D eigenvalue weighted by atomic mass is 9.98. The third-order valence-electron chi connectivity index (χ3n) is 2.60. The fraction of sp³-hybridized carbons (Fsp3) is 0. The van der Waals surface area contributed by atoms with Gasteiger partial charge in [0.05, 0.1) is 16.1 Å².